The fraction of sp³-hybridized carbons (Fsp3) is 0.684. The molecule has 24 heavy (non-hydrogen) atoms. The maximum Gasteiger partial charge on any atom is 0.309 e. The lowest BCUT2D eigenvalue weighted by atomic mass is 9.54. The highest BCUT2D eigenvalue weighted by atomic mass is 32.1. The molecule has 130 valence electrons. The van der Waals surface area contributed by atoms with Gasteiger partial charge < -0.3 is 10.1 Å². The van der Waals surface area contributed by atoms with Gasteiger partial charge in [-0.15, -0.1) is 17.9 Å². The van der Waals surface area contributed by atoms with Crippen LogP contribution in [0.4, 0.5) is 5.13 Å². The van der Waals surface area contributed by atoms with Crippen molar-refractivity contribution < 1.29 is 9.53 Å². The lowest BCUT2D eigenvalue weighted by Gasteiger charge is -2.51. The number of hydrogen-bond acceptors (Lipinski definition) is 5. The average Bonchev–Trinajstić information content (AvgIpc) is 3.06. The van der Waals surface area contributed by atoms with Crippen LogP contribution in [-0.2, 0) is 16.0 Å². The van der Waals surface area contributed by atoms with Crippen LogP contribution in [0.15, 0.2) is 12.7 Å². The zero-order valence-corrected chi connectivity index (χ0v) is 15.5. The van der Waals surface area contributed by atoms with E-state index in [0.717, 1.165) is 24.5 Å². The second-order valence-electron chi connectivity index (χ2n) is 8.03. The third kappa shape index (κ3) is 2.24. The maximum absolute atomic E-state index is 12.1. The van der Waals surface area contributed by atoms with Crippen LogP contribution < -0.4 is 5.32 Å². The molecule has 0 spiro atoms. The standard InChI is InChI=1S/C19H26N2O2S/c1-5-8-20-18-21-15-11(3)14-16-12(10(2)17(22)23-16)6-7-19(14,4)9-13(15)24-18/h5,10-12,14,16H,1,6-9H2,2-4H3,(H,20,21). The summed E-state index contributed by atoms with van der Waals surface area (Å²) >= 11 is 1.78. The Morgan fingerprint density at radius 2 is 2.25 bits per heavy atom. The van der Waals surface area contributed by atoms with E-state index in [1.165, 1.54) is 17.0 Å². The van der Waals surface area contributed by atoms with Gasteiger partial charge in [-0.05, 0) is 24.7 Å². The number of nitrogens with zero attached hydrogens (tertiary/aromatic N) is 1. The molecule has 0 aromatic carbocycles. The van der Waals surface area contributed by atoms with Gasteiger partial charge in [-0.3, -0.25) is 4.79 Å². The number of ether oxygens (including phenoxy) is 1. The highest BCUT2D eigenvalue weighted by molar-refractivity contribution is 7.15. The molecule has 6 atom stereocenters. The molecule has 2 fully saturated rings. The molecule has 1 aromatic rings. The van der Waals surface area contributed by atoms with Crippen molar-refractivity contribution in [3.8, 4) is 0 Å². The summed E-state index contributed by atoms with van der Waals surface area (Å²) in [7, 11) is 0. The molecule has 2 heterocycles. The normalized spacial score (nSPS) is 40.3. The summed E-state index contributed by atoms with van der Waals surface area (Å²) < 4.78 is 5.88. The van der Waals surface area contributed by atoms with Gasteiger partial charge in [0.1, 0.15) is 6.10 Å². The predicted molar refractivity (Wildman–Crippen MR) is 96.3 cm³/mol. The van der Waals surface area contributed by atoms with Crippen LogP contribution in [0.1, 0.15) is 50.1 Å². The minimum atomic E-state index is -0.00105. The Labute approximate surface area is 147 Å². The molecule has 1 saturated heterocycles. The third-order valence-corrected chi connectivity index (χ3v) is 7.58. The first kappa shape index (κ1) is 16.1. The first-order valence-electron chi connectivity index (χ1n) is 8.99. The Balaban J connectivity index is 1.69. The van der Waals surface area contributed by atoms with Crippen LogP contribution in [0.25, 0.3) is 0 Å². The van der Waals surface area contributed by atoms with Crippen molar-refractivity contribution in [1.82, 2.24) is 4.98 Å². The Morgan fingerprint density at radius 1 is 1.46 bits per heavy atom. The van der Waals surface area contributed by atoms with Crippen LogP contribution >= 0.6 is 11.3 Å². The molecule has 1 aliphatic heterocycles. The van der Waals surface area contributed by atoms with E-state index in [9.17, 15) is 4.79 Å². The van der Waals surface area contributed by atoms with Crippen LogP contribution in [-0.4, -0.2) is 23.6 Å². The van der Waals surface area contributed by atoms with E-state index >= 15 is 0 Å². The molecule has 4 rings (SSSR count). The topological polar surface area (TPSA) is 51.2 Å². The molecule has 2 aliphatic carbocycles. The molecule has 5 heteroatoms. The van der Waals surface area contributed by atoms with E-state index in [2.05, 4.69) is 25.7 Å². The molecule has 6 unspecified atom stereocenters. The number of hydrogen-bond donors (Lipinski definition) is 1. The van der Waals surface area contributed by atoms with Crippen LogP contribution in [0.5, 0.6) is 0 Å². The molecule has 0 bridgehead atoms. The molecule has 1 N–H and O–H groups in total. The number of fused-ring (bicyclic) bond motifs is 4. The van der Waals surface area contributed by atoms with Crippen LogP contribution in [0, 0.1) is 23.2 Å². The fourth-order valence-electron chi connectivity index (χ4n) is 5.31. The van der Waals surface area contributed by atoms with Gasteiger partial charge in [0.25, 0.3) is 0 Å². The number of anilines is 1. The van der Waals surface area contributed by atoms with Crippen molar-refractivity contribution in [1.29, 1.82) is 0 Å². The van der Waals surface area contributed by atoms with Gasteiger partial charge in [0.05, 0.1) is 11.6 Å². The first-order chi connectivity index (χ1) is 11.4. The van der Waals surface area contributed by atoms with Gasteiger partial charge in [-0.1, -0.05) is 26.8 Å². The Bertz CT molecular complexity index is 685. The number of thiazole rings is 1. The van der Waals surface area contributed by atoms with Gasteiger partial charge in [-0.25, -0.2) is 4.98 Å². The van der Waals surface area contributed by atoms with Crippen molar-refractivity contribution in [2.24, 2.45) is 23.2 Å². The van der Waals surface area contributed by atoms with Gasteiger partial charge in [0, 0.05) is 29.2 Å². The lowest BCUT2D eigenvalue weighted by molar-refractivity contribution is -0.149. The number of rotatable bonds is 3. The van der Waals surface area contributed by atoms with Gasteiger partial charge >= 0.3 is 5.97 Å². The van der Waals surface area contributed by atoms with Crippen molar-refractivity contribution in [2.75, 3.05) is 11.9 Å². The van der Waals surface area contributed by atoms with E-state index in [-0.39, 0.29) is 23.4 Å². The van der Waals surface area contributed by atoms with E-state index in [4.69, 9.17) is 9.72 Å². The van der Waals surface area contributed by atoms with E-state index in [1.54, 1.807) is 11.3 Å². The zero-order valence-electron chi connectivity index (χ0n) is 14.7. The summed E-state index contributed by atoms with van der Waals surface area (Å²) in [5.74, 6) is 1.15. The quantitative estimate of drug-likeness (QED) is 0.664. The van der Waals surface area contributed by atoms with Crippen molar-refractivity contribution in [3.63, 3.8) is 0 Å². The summed E-state index contributed by atoms with van der Waals surface area (Å²) in [5, 5.41) is 4.32. The molecular weight excluding hydrogens is 320 g/mol. The smallest absolute Gasteiger partial charge is 0.309 e. The molecule has 4 nitrogen and oxygen atoms in total. The SMILES string of the molecule is C=CCNc1nc2c(s1)CC1(C)CCC3C(C)C(=O)OC3C1C2C. The third-order valence-electron chi connectivity index (χ3n) is 6.56. The zero-order chi connectivity index (χ0) is 17.1. The fourth-order valence-corrected chi connectivity index (χ4v) is 6.58. The lowest BCUT2D eigenvalue weighted by Crippen LogP contribution is -2.50. The molecular formula is C19H26N2O2S. The second-order valence-corrected chi connectivity index (χ2v) is 9.12. The number of carbonyl (C=O) groups excluding carboxylic acids is 1. The largest absolute Gasteiger partial charge is 0.461 e. The minimum absolute atomic E-state index is 0.00105. The van der Waals surface area contributed by atoms with Crippen molar-refractivity contribution in [2.45, 2.75) is 52.1 Å². The summed E-state index contributed by atoms with van der Waals surface area (Å²) in [6.45, 7) is 11.2. The minimum Gasteiger partial charge on any atom is -0.461 e. The highest BCUT2D eigenvalue weighted by Crippen LogP contribution is 2.59. The van der Waals surface area contributed by atoms with Crippen molar-refractivity contribution in [3.05, 3.63) is 23.2 Å². The van der Waals surface area contributed by atoms with Gasteiger partial charge in [0.2, 0.25) is 0 Å². The average molecular weight is 346 g/mol. The number of carbonyl (C=O) groups is 1. The summed E-state index contributed by atoms with van der Waals surface area (Å²) in [4.78, 5) is 18.4. The van der Waals surface area contributed by atoms with E-state index in [1.807, 2.05) is 13.0 Å². The molecule has 1 saturated carbocycles. The molecule has 1 aromatic heterocycles. The van der Waals surface area contributed by atoms with E-state index < -0.39 is 0 Å². The second kappa shape index (κ2) is 5.58. The van der Waals surface area contributed by atoms with Gasteiger partial charge in [0.15, 0.2) is 5.13 Å². The number of esters is 1. The van der Waals surface area contributed by atoms with Crippen LogP contribution in [0.3, 0.4) is 0 Å². The maximum atomic E-state index is 12.1. The first-order valence-corrected chi connectivity index (χ1v) is 9.81. The predicted octanol–water partition coefficient (Wildman–Crippen LogP) is 3.99. The highest BCUT2D eigenvalue weighted by Gasteiger charge is 2.58. The monoisotopic (exact) mass is 346 g/mol. The summed E-state index contributed by atoms with van der Waals surface area (Å²) in [6, 6.07) is 0. The Hall–Kier alpha value is -1.36. The molecule has 0 radical (unpaired) electrons. The van der Waals surface area contributed by atoms with Crippen molar-refractivity contribution >= 4 is 22.4 Å². The van der Waals surface area contributed by atoms with Crippen LogP contribution in [0.2, 0.25) is 0 Å². The number of aromatic nitrogens is 1. The molecule has 0 amide bonds. The molecule has 3 aliphatic rings. The number of nitrogens with one attached hydrogen (secondary N) is 1. The summed E-state index contributed by atoms with van der Waals surface area (Å²) in [6.07, 6.45) is 5.26. The Kier molecular flexibility index (Phi) is 3.75. The van der Waals surface area contributed by atoms with E-state index in [0.29, 0.717) is 17.8 Å². The summed E-state index contributed by atoms with van der Waals surface area (Å²) in [5.41, 5.74) is 1.42. The Morgan fingerprint density at radius 3 is 3.00 bits per heavy atom. The van der Waals surface area contributed by atoms with Gasteiger partial charge in [-0.2, -0.15) is 0 Å².